The highest BCUT2D eigenvalue weighted by atomic mass is 32.2. The van der Waals surface area contributed by atoms with Gasteiger partial charge in [0, 0.05) is 28.7 Å². The maximum Gasteiger partial charge on any atom is 0.301 e. The van der Waals surface area contributed by atoms with Gasteiger partial charge in [-0.2, -0.15) is 8.78 Å². The molecule has 6 heteroatoms. The van der Waals surface area contributed by atoms with Crippen LogP contribution in [0.4, 0.5) is 13.2 Å². The second-order valence-electron chi connectivity index (χ2n) is 2.41. The van der Waals surface area contributed by atoms with Crippen molar-refractivity contribution in [3.63, 3.8) is 0 Å². The molecule has 0 aliphatic carbocycles. The molecule has 0 aromatic heterocycles. The Balaban J connectivity index is 3.65. The molecule has 2 nitrogen and oxygen atoms in total. The first-order valence-electron chi connectivity index (χ1n) is 3.82. The molecule has 78 valence electrons. The van der Waals surface area contributed by atoms with Gasteiger partial charge in [0.05, 0.1) is 0 Å². The maximum atomic E-state index is 12.2. The van der Waals surface area contributed by atoms with Crippen LogP contribution in [0.5, 0.6) is 0 Å². The predicted octanol–water partition coefficient (Wildman–Crippen LogP) is 1.55. The normalized spacial score (nSPS) is 12.6. The Bertz CT molecular complexity index is 204. The Kier molecular flexibility index (Phi) is 6.89. The molecule has 1 atom stereocenters. The van der Waals surface area contributed by atoms with Crippen LogP contribution in [0.1, 0.15) is 12.8 Å². The Morgan fingerprint density at radius 3 is 2.31 bits per heavy atom. The summed E-state index contributed by atoms with van der Waals surface area (Å²) in [5, 5.41) is 0. The first kappa shape index (κ1) is 12.6. The Morgan fingerprint density at radius 1 is 1.23 bits per heavy atom. The molecule has 0 heterocycles. The summed E-state index contributed by atoms with van der Waals surface area (Å²) in [5.74, 6) is -1.19. The van der Waals surface area contributed by atoms with E-state index in [2.05, 4.69) is 0 Å². The molecule has 13 heavy (non-hydrogen) atoms. The largest absolute Gasteiger partial charge is 0.330 e. The van der Waals surface area contributed by atoms with Crippen molar-refractivity contribution < 1.29 is 17.4 Å². The number of hydrogen-bond donors (Lipinski definition) is 1. The quantitative estimate of drug-likeness (QED) is 0.730. The summed E-state index contributed by atoms with van der Waals surface area (Å²) in [6, 6.07) is 0. The maximum absolute atomic E-state index is 12.2. The van der Waals surface area contributed by atoms with E-state index in [4.69, 9.17) is 5.73 Å². The van der Waals surface area contributed by atoms with Gasteiger partial charge in [-0.15, -0.1) is 0 Å². The van der Waals surface area contributed by atoms with Gasteiger partial charge < -0.3 is 5.73 Å². The van der Waals surface area contributed by atoms with Crippen molar-refractivity contribution in [3.8, 4) is 0 Å². The fraction of sp³-hybridized carbons (Fsp3) is 0.714. The molecule has 0 aliphatic rings. The molecule has 0 aliphatic heterocycles. The van der Waals surface area contributed by atoms with Crippen molar-refractivity contribution in [2.75, 3.05) is 18.1 Å². The third-order valence-corrected chi connectivity index (χ3v) is 2.73. The Morgan fingerprint density at radius 2 is 1.85 bits per heavy atom. The smallest absolute Gasteiger partial charge is 0.301 e. The van der Waals surface area contributed by atoms with Crippen LogP contribution in [0.25, 0.3) is 0 Å². The van der Waals surface area contributed by atoms with Crippen molar-refractivity contribution in [2.45, 2.75) is 12.8 Å². The lowest BCUT2D eigenvalue weighted by Gasteiger charge is -1.98. The minimum absolute atomic E-state index is 0.0663. The van der Waals surface area contributed by atoms with E-state index in [0.29, 0.717) is 18.7 Å². The van der Waals surface area contributed by atoms with E-state index in [1.807, 2.05) is 0 Å². The van der Waals surface area contributed by atoms with Crippen molar-refractivity contribution in [1.82, 2.24) is 0 Å². The summed E-state index contributed by atoms with van der Waals surface area (Å²) < 4.78 is 46.2. The van der Waals surface area contributed by atoms with Crippen LogP contribution >= 0.6 is 0 Å². The van der Waals surface area contributed by atoms with Crippen LogP contribution in [-0.2, 0) is 10.8 Å². The highest BCUT2D eigenvalue weighted by Gasteiger charge is 2.07. The molecule has 0 rings (SSSR count). The molecular weight excluding hydrogens is 203 g/mol. The average molecular weight is 215 g/mol. The lowest BCUT2D eigenvalue weighted by Crippen LogP contribution is -2.08. The minimum Gasteiger partial charge on any atom is -0.330 e. The number of rotatable bonds is 6. The number of allylic oxidation sites excluding steroid dienone is 1. The summed E-state index contributed by atoms with van der Waals surface area (Å²) >= 11 is 0. The average Bonchev–Trinajstić information content (AvgIpc) is 2.10. The molecule has 0 radical (unpaired) electrons. The Labute approximate surface area is 77.5 Å². The Hall–Kier alpha value is -0.360. The lowest BCUT2D eigenvalue weighted by molar-refractivity contribution is 0.373. The monoisotopic (exact) mass is 215 g/mol. The van der Waals surface area contributed by atoms with E-state index in [1.54, 1.807) is 0 Å². The second kappa shape index (κ2) is 7.08. The minimum atomic E-state index is -2.32. The van der Waals surface area contributed by atoms with E-state index in [0.717, 1.165) is 0 Å². The van der Waals surface area contributed by atoms with Crippen LogP contribution in [0.15, 0.2) is 11.9 Å². The number of nitrogens with two attached hydrogens (primary N) is 1. The van der Waals surface area contributed by atoms with E-state index in [1.165, 1.54) is 0 Å². The molecule has 0 saturated carbocycles. The zero-order chi connectivity index (χ0) is 10.3. The molecule has 0 saturated heterocycles. The summed E-state index contributed by atoms with van der Waals surface area (Å²) in [4.78, 5) is 0. The van der Waals surface area contributed by atoms with Gasteiger partial charge in [0.2, 0.25) is 0 Å². The second-order valence-corrected chi connectivity index (χ2v) is 4.10. The van der Waals surface area contributed by atoms with E-state index in [9.17, 15) is 17.4 Å². The van der Waals surface area contributed by atoms with Crippen molar-refractivity contribution in [2.24, 2.45) is 5.73 Å². The van der Waals surface area contributed by atoms with Gasteiger partial charge in [0.15, 0.2) is 5.83 Å². The van der Waals surface area contributed by atoms with Gasteiger partial charge in [-0.3, -0.25) is 4.21 Å². The van der Waals surface area contributed by atoms with E-state index < -0.39 is 29.1 Å². The van der Waals surface area contributed by atoms with Gasteiger partial charge in [-0.25, -0.2) is 4.39 Å². The lowest BCUT2D eigenvalue weighted by atomic mass is 10.4. The molecule has 0 aromatic carbocycles. The van der Waals surface area contributed by atoms with Crippen LogP contribution in [-0.4, -0.2) is 22.3 Å². The molecule has 0 spiro atoms. The van der Waals surface area contributed by atoms with Crippen molar-refractivity contribution >= 4 is 10.8 Å². The molecule has 2 N–H and O–H groups in total. The highest BCUT2D eigenvalue weighted by Crippen LogP contribution is 2.13. The zero-order valence-electron chi connectivity index (χ0n) is 7.06. The molecule has 0 bridgehead atoms. The zero-order valence-corrected chi connectivity index (χ0v) is 7.88. The van der Waals surface area contributed by atoms with Crippen LogP contribution in [0, 0.1) is 0 Å². The molecular formula is C7H12F3NOS. The first-order chi connectivity index (χ1) is 6.07. The highest BCUT2D eigenvalue weighted by molar-refractivity contribution is 7.84. The third kappa shape index (κ3) is 6.77. The molecule has 0 aromatic rings. The number of hydrogen-bond acceptors (Lipinski definition) is 2. The summed E-state index contributed by atoms with van der Waals surface area (Å²) in [6.07, 6.45) is -2.22. The third-order valence-electron chi connectivity index (χ3n) is 1.33. The van der Waals surface area contributed by atoms with E-state index in [-0.39, 0.29) is 5.75 Å². The first-order valence-corrected chi connectivity index (χ1v) is 5.31. The van der Waals surface area contributed by atoms with Crippen molar-refractivity contribution in [3.05, 3.63) is 11.9 Å². The molecule has 0 amide bonds. The SMILES string of the molecule is NCCCS(=O)CCC(F)=C(F)F. The van der Waals surface area contributed by atoms with Crippen LogP contribution in [0.3, 0.4) is 0 Å². The summed E-state index contributed by atoms with van der Waals surface area (Å²) in [6.45, 7) is 0.404. The van der Waals surface area contributed by atoms with Crippen LogP contribution in [0.2, 0.25) is 0 Å². The standard InChI is InChI=1S/C7H12F3NOS/c8-6(7(9)10)2-5-13(12)4-1-3-11/h1-5,11H2. The van der Waals surface area contributed by atoms with Gasteiger partial charge in [0.25, 0.3) is 0 Å². The van der Waals surface area contributed by atoms with E-state index >= 15 is 0 Å². The van der Waals surface area contributed by atoms with Gasteiger partial charge in [-0.1, -0.05) is 0 Å². The van der Waals surface area contributed by atoms with Gasteiger partial charge in [0.1, 0.15) is 0 Å². The van der Waals surface area contributed by atoms with Gasteiger partial charge in [-0.05, 0) is 13.0 Å². The number of halogens is 3. The van der Waals surface area contributed by atoms with Crippen LogP contribution < -0.4 is 5.73 Å². The van der Waals surface area contributed by atoms with Crippen molar-refractivity contribution in [1.29, 1.82) is 0 Å². The molecule has 0 fully saturated rings. The fourth-order valence-electron chi connectivity index (χ4n) is 0.644. The summed E-state index contributed by atoms with van der Waals surface area (Å²) in [5.41, 5.74) is 5.14. The molecule has 1 unspecified atom stereocenters. The fourth-order valence-corrected chi connectivity index (χ4v) is 1.74. The van der Waals surface area contributed by atoms with Gasteiger partial charge >= 0.3 is 6.08 Å². The topological polar surface area (TPSA) is 43.1 Å². The predicted molar refractivity (Wildman–Crippen MR) is 46.5 cm³/mol. The summed E-state index contributed by atoms with van der Waals surface area (Å²) in [7, 11) is -1.24.